The largest absolute Gasteiger partial charge is 0.496 e. The summed E-state index contributed by atoms with van der Waals surface area (Å²) in [5.74, 6) is 1.50. The number of anilines is 1. The van der Waals surface area contributed by atoms with Crippen LogP contribution >= 0.6 is 11.6 Å². The van der Waals surface area contributed by atoms with Gasteiger partial charge in [-0.3, -0.25) is 0 Å². The minimum absolute atomic E-state index is 0.317. The molecule has 0 amide bonds. The second kappa shape index (κ2) is 4.30. The maximum Gasteiger partial charge on any atom is 0.174 e. The maximum atomic E-state index is 6.28. The molecule has 0 aliphatic carbocycles. The number of nitrogens with zero attached hydrogens (tertiary/aromatic N) is 1. The van der Waals surface area contributed by atoms with Crippen LogP contribution in [0, 0.1) is 13.8 Å². The number of nitrogens with two attached hydrogens (primary N) is 1. The number of aromatic nitrogens is 1. The molecule has 0 unspecified atom stereocenters. The van der Waals surface area contributed by atoms with Crippen LogP contribution in [-0.2, 0) is 0 Å². The number of benzene rings is 1. The Kier molecular flexibility index (Phi) is 2.98. The van der Waals surface area contributed by atoms with Gasteiger partial charge in [0.15, 0.2) is 11.6 Å². The zero-order valence-electron chi connectivity index (χ0n) is 9.87. The SMILES string of the molecule is COc1c(C)cc(C)c(Cl)c1-c1cc(N)no1. The lowest BCUT2D eigenvalue weighted by Gasteiger charge is -2.13. The summed E-state index contributed by atoms with van der Waals surface area (Å²) >= 11 is 6.28. The Morgan fingerprint density at radius 2 is 2.00 bits per heavy atom. The van der Waals surface area contributed by atoms with Crippen molar-refractivity contribution in [1.29, 1.82) is 0 Å². The quantitative estimate of drug-likeness (QED) is 0.892. The third-order valence-electron chi connectivity index (χ3n) is 2.56. The van der Waals surface area contributed by atoms with Crippen molar-refractivity contribution in [2.75, 3.05) is 12.8 Å². The third-order valence-corrected chi connectivity index (χ3v) is 3.05. The molecule has 17 heavy (non-hydrogen) atoms. The summed E-state index contributed by atoms with van der Waals surface area (Å²) in [4.78, 5) is 0. The van der Waals surface area contributed by atoms with E-state index in [1.54, 1.807) is 13.2 Å². The van der Waals surface area contributed by atoms with Crippen LogP contribution in [0.15, 0.2) is 16.7 Å². The summed E-state index contributed by atoms with van der Waals surface area (Å²) in [6.45, 7) is 3.88. The Labute approximate surface area is 104 Å². The van der Waals surface area contributed by atoms with E-state index >= 15 is 0 Å². The fraction of sp³-hybridized carbons (Fsp3) is 0.250. The summed E-state index contributed by atoms with van der Waals surface area (Å²) in [6.07, 6.45) is 0. The van der Waals surface area contributed by atoms with Gasteiger partial charge in [0.1, 0.15) is 5.75 Å². The average molecular weight is 253 g/mol. The van der Waals surface area contributed by atoms with Gasteiger partial charge < -0.3 is 15.0 Å². The molecule has 2 N–H and O–H groups in total. The first-order valence-electron chi connectivity index (χ1n) is 5.11. The average Bonchev–Trinajstić information content (AvgIpc) is 2.69. The summed E-state index contributed by atoms with van der Waals surface area (Å²) in [6, 6.07) is 3.59. The van der Waals surface area contributed by atoms with Crippen molar-refractivity contribution in [3.63, 3.8) is 0 Å². The van der Waals surface area contributed by atoms with Crippen LogP contribution in [0.4, 0.5) is 5.82 Å². The monoisotopic (exact) mass is 252 g/mol. The molecule has 0 aliphatic heterocycles. The van der Waals surface area contributed by atoms with Crippen molar-refractivity contribution >= 4 is 17.4 Å². The van der Waals surface area contributed by atoms with E-state index in [0.29, 0.717) is 27.9 Å². The number of halogens is 1. The van der Waals surface area contributed by atoms with Gasteiger partial charge >= 0.3 is 0 Å². The molecular weight excluding hydrogens is 240 g/mol. The molecule has 4 nitrogen and oxygen atoms in total. The first-order valence-corrected chi connectivity index (χ1v) is 5.48. The zero-order chi connectivity index (χ0) is 12.6. The van der Waals surface area contributed by atoms with E-state index in [0.717, 1.165) is 11.1 Å². The Hall–Kier alpha value is -1.68. The summed E-state index contributed by atoms with van der Waals surface area (Å²) < 4.78 is 10.5. The highest BCUT2D eigenvalue weighted by molar-refractivity contribution is 6.34. The smallest absolute Gasteiger partial charge is 0.174 e. The van der Waals surface area contributed by atoms with E-state index in [9.17, 15) is 0 Å². The number of aryl methyl sites for hydroxylation is 2. The lowest BCUT2D eigenvalue weighted by Crippen LogP contribution is -1.94. The van der Waals surface area contributed by atoms with Gasteiger partial charge in [-0.2, -0.15) is 0 Å². The predicted octanol–water partition coefficient (Wildman–Crippen LogP) is 3.20. The molecule has 1 aromatic carbocycles. The standard InChI is InChI=1S/C12H13ClN2O2/c1-6-4-7(2)12(16-3)10(11(6)13)8-5-9(14)15-17-8/h4-5H,1-3H3,(H2,14,15). The highest BCUT2D eigenvalue weighted by Gasteiger charge is 2.19. The van der Waals surface area contributed by atoms with E-state index in [1.807, 2.05) is 19.9 Å². The first kappa shape index (κ1) is 11.8. The molecular formula is C12H13ClN2O2. The molecule has 0 spiro atoms. The van der Waals surface area contributed by atoms with Crippen LogP contribution in [0.25, 0.3) is 11.3 Å². The minimum atomic E-state index is 0.317. The molecule has 2 aromatic rings. The molecule has 90 valence electrons. The van der Waals surface area contributed by atoms with Crippen molar-refractivity contribution < 1.29 is 9.26 Å². The Balaban J connectivity index is 2.74. The number of hydrogen-bond acceptors (Lipinski definition) is 4. The Morgan fingerprint density at radius 1 is 1.29 bits per heavy atom. The third kappa shape index (κ3) is 1.96. The van der Waals surface area contributed by atoms with Crippen molar-refractivity contribution in [3.05, 3.63) is 28.3 Å². The lowest BCUT2D eigenvalue weighted by molar-refractivity contribution is 0.404. The van der Waals surface area contributed by atoms with Crippen LogP contribution in [-0.4, -0.2) is 12.3 Å². The maximum absolute atomic E-state index is 6.28. The normalized spacial score (nSPS) is 10.6. The molecule has 0 saturated carbocycles. The number of rotatable bonds is 2. The summed E-state index contributed by atoms with van der Waals surface area (Å²) in [7, 11) is 1.59. The number of hydrogen-bond donors (Lipinski definition) is 1. The zero-order valence-corrected chi connectivity index (χ0v) is 10.6. The van der Waals surface area contributed by atoms with Crippen LogP contribution in [0.3, 0.4) is 0 Å². The summed E-state index contributed by atoms with van der Waals surface area (Å²) in [5, 5.41) is 4.24. The molecule has 0 saturated heterocycles. The molecule has 0 atom stereocenters. The van der Waals surface area contributed by atoms with Gasteiger partial charge in [0.2, 0.25) is 0 Å². The molecule has 0 fully saturated rings. The fourth-order valence-corrected chi connectivity index (χ4v) is 2.07. The molecule has 0 radical (unpaired) electrons. The highest BCUT2D eigenvalue weighted by atomic mass is 35.5. The van der Waals surface area contributed by atoms with E-state index in [1.165, 1.54) is 0 Å². The van der Waals surface area contributed by atoms with Crippen molar-refractivity contribution in [2.24, 2.45) is 0 Å². The van der Waals surface area contributed by atoms with Crippen molar-refractivity contribution in [1.82, 2.24) is 5.16 Å². The van der Waals surface area contributed by atoms with Crippen LogP contribution in [0.5, 0.6) is 5.75 Å². The van der Waals surface area contributed by atoms with Crippen LogP contribution in [0.1, 0.15) is 11.1 Å². The topological polar surface area (TPSA) is 61.3 Å². The van der Waals surface area contributed by atoms with Crippen LogP contribution in [0.2, 0.25) is 5.02 Å². The van der Waals surface area contributed by atoms with Gasteiger partial charge in [-0.05, 0) is 25.0 Å². The molecule has 5 heteroatoms. The number of ether oxygens (including phenoxy) is 1. The Morgan fingerprint density at radius 3 is 2.53 bits per heavy atom. The molecule has 2 rings (SSSR count). The minimum Gasteiger partial charge on any atom is -0.496 e. The second-order valence-electron chi connectivity index (χ2n) is 3.85. The fourth-order valence-electron chi connectivity index (χ4n) is 1.84. The van der Waals surface area contributed by atoms with Crippen LogP contribution < -0.4 is 10.5 Å². The van der Waals surface area contributed by atoms with E-state index in [-0.39, 0.29) is 0 Å². The Bertz CT molecular complexity index is 564. The van der Waals surface area contributed by atoms with Gasteiger partial charge in [-0.25, -0.2) is 0 Å². The van der Waals surface area contributed by atoms with Crippen molar-refractivity contribution in [3.8, 4) is 17.1 Å². The van der Waals surface area contributed by atoms with E-state index in [2.05, 4.69) is 5.16 Å². The van der Waals surface area contributed by atoms with E-state index < -0.39 is 0 Å². The van der Waals surface area contributed by atoms with Gasteiger partial charge in [0.05, 0.1) is 17.7 Å². The van der Waals surface area contributed by atoms with Gasteiger partial charge in [0, 0.05) is 6.07 Å². The summed E-state index contributed by atoms with van der Waals surface area (Å²) in [5.41, 5.74) is 8.17. The first-order chi connectivity index (χ1) is 8.04. The van der Waals surface area contributed by atoms with Gasteiger partial charge in [-0.1, -0.05) is 22.8 Å². The van der Waals surface area contributed by atoms with Crippen molar-refractivity contribution in [2.45, 2.75) is 13.8 Å². The molecule has 1 heterocycles. The number of methoxy groups -OCH3 is 1. The molecule has 1 aromatic heterocycles. The number of nitrogen functional groups attached to an aromatic ring is 1. The predicted molar refractivity (Wildman–Crippen MR) is 67.4 cm³/mol. The molecule has 0 bridgehead atoms. The van der Waals surface area contributed by atoms with Gasteiger partial charge in [0.25, 0.3) is 0 Å². The second-order valence-corrected chi connectivity index (χ2v) is 4.23. The van der Waals surface area contributed by atoms with E-state index in [4.69, 9.17) is 26.6 Å². The highest BCUT2D eigenvalue weighted by Crippen LogP contribution is 2.41. The van der Waals surface area contributed by atoms with Gasteiger partial charge in [-0.15, -0.1) is 0 Å². The lowest BCUT2D eigenvalue weighted by atomic mass is 10.0. The molecule has 0 aliphatic rings.